The summed E-state index contributed by atoms with van der Waals surface area (Å²) < 4.78 is 0. The van der Waals surface area contributed by atoms with Crippen molar-refractivity contribution < 1.29 is 9.59 Å². The number of hydrogen-bond donors (Lipinski definition) is 5. The standard InChI is InChI=1S/C37H75N5O2.ClH/c1-3-5-7-9-11-13-15-16-17-18-19-20-22-24-26-31-35(43)42-34(30-27-29-33-41-37(38)39)36(44)40-32-28-25-23-21-14-12-10-8-6-4-2;/h34H,3-33H2,1-2H3,(H,40,44)(H,42,43)(H4,38,39,41);1H/t34-;/m0./s1. The monoisotopic (exact) mass is 658 g/mol. The van der Waals surface area contributed by atoms with Crippen LogP contribution < -0.4 is 21.7 Å². The smallest absolute Gasteiger partial charge is 0.242 e. The summed E-state index contributed by atoms with van der Waals surface area (Å²) in [4.78, 5) is 25.6. The predicted octanol–water partition coefficient (Wildman–Crippen LogP) is 9.84. The van der Waals surface area contributed by atoms with E-state index in [1.807, 2.05) is 0 Å². The van der Waals surface area contributed by atoms with E-state index in [4.69, 9.17) is 11.1 Å². The molecule has 0 rings (SSSR count). The molecule has 0 saturated carbocycles. The van der Waals surface area contributed by atoms with Crippen LogP contribution in [0.3, 0.4) is 0 Å². The van der Waals surface area contributed by atoms with Gasteiger partial charge in [0.2, 0.25) is 11.8 Å². The lowest BCUT2D eigenvalue weighted by Gasteiger charge is -2.19. The number of halogens is 1. The van der Waals surface area contributed by atoms with E-state index in [1.165, 1.54) is 135 Å². The van der Waals surface area contributed by atoms with Crippen LogP contribution in [0.4, 0.5) is 0 Å². The Labute approximate surface area is 285 Å². The van der Waals surface area contributed by atoms with E-state index < -0.39 is 6.04 Å². The van der Waals surface area contributed by atoms with Gasteiger partial charge < -0.3 is 21.7 Å². The summed E-state index contributed by atoms with van der Waals surface area (Å²) in [5.74, 6) is -0.112. The van der Waals surface area contributed by atoms with Crippen LogP contribution in [0.1, 0.15) is 200 Å². The van der Waals surface area contributed by atoms with E-state index >= 15 is 0 Å². The van der Waals surface area contributed by atoms with Crippen molar-refractivity contribution in [1.82, 2.24) is 16.0 Å². The van der Waals surface area contributed by atoms with Crippen LogP contribution in [0.2, 0.25) is 0 Å². The molecular formula is C37H76ClN5O2. The SMILES string of the molecule is CCCCCCCCCCCCCCCCCC(=O)N[C@@H](CCCCNC(=N)N)C(=O)NCCCCCCCCCCCC.Cl. The highest BCUT2D eigenvalue weighted by molar-refractivity contribution is 5.87. The van der Waals surface area contributed by atoms with Gasteiger partial charge in [0.05, 0.1) is 0 Å². The Morgan fingerprint density at radius 2 is 0.889 bits per heavy atom. The third-order valence-corrected chi connectivity index (χ3v) is 8.72. The molecule has 268 valence electrons. The number of guanidine groups is 1. The Balaban J connectivity index is 0. The number of rotatable bonds is 34. The molecule has 0 aromatic heterocycles. The molecule has 0 radical (unpaired) electrons. The van der Waals surface area contributed by atoms with Gasteiger partial charge in [-0.25, -0.2) is 0 Å². The molecule has 0 aromatic rings. The molecule has 0 spiro atoms. The minimum atomic E-state index is -0.487. The summed E-state index contributed by atoms with van der Waals surface area (Å²) in [7, 11) is 0. The maximum absolute atomic E-state index is 12.9. The molecule has 45 heavy (non-hydrogen) atoms. The van der Waals surface area contributed by atoms with Crippen molar-refractivity contribution in [3.8, 4) is 0 Å². The van der Waals surface area contributed by atoms with Gasteiger partial charge in [0, 0.05) is 19.5 Å². The van der Waals surface area contributed by atoms with Crippen LogP contribution in [-0.2, 0) is 9.59 Å². The summed E-state index contributed by atoms with van der Waals surface area (Å²) in [5.41, 5.74) is 5.36. The number of nitrogens with two attached hydrogens (primary N) is 1. The third kappa shape index (κ3) is 35.2. The Morgan fingerprint density at radius 1 is 0.533 bits per heavy atom. The van der Waals surface area contributed by atoms with Crippen molar-refractivity contribution in [3.63, 3.8) is 0 Å². The average molecular weight is 659 g/mol. The Hall–Kier alpha value is -1.50. The number of hydrogen-bond acceptors (Lipinski definition) is 3. The van der Waals surface area contributed by atoms with Gasteiger partial charge in [-0.05, 0) is 32.1 Å². The minimum absolute atomic E-state index is 0. The fourth-order valence-electron chi connectivity index (χ4n) is 5.84. The molecule has 0 saturated heterocycles. The zero-order chi connectivity index (χ0) is 32.4. The van der Waals surface area contributed by atoms with Gasteiger partial charge in [-0.3, -0.25) is 15.0 Å². The molecule has 1 atom stereocenters. The van der Waals surface area contributed by atoms with E-state index in [-0.39, 0.29) is 30.2 Å². The van der Waals surface area contributed by atoms with Crippen LogP contribution in [0, 0.1) is 5.41 Å². The van der Waals surface area contributed by atoms with Crippen LogP contribution in [0.15, 0.2) is 0 Å². The number of carbonyl (C=O) groups excluding carboxylic acids is 2. The zero-order valence-electron chi connectivity index (χ0n) is 29.8. The van der Waals surface area contributed by atoms with E-state index in [2.05, 4.69) is 29.8 Å². The van der Waals surface area contributed by atoms with Crippen LogP contribution >= 0.6 is 12.4 Å². The number of carbonyl (C=O) groups is 2. The summed E-state index contributed by atoms with van der Waals surface area (Å²) in [5, 5.41) is 16.2. The fourth-order valence-corrected chi connectivity index (χ4v) is 5.84. The van der Waals surface area contributed by atoms with Gasteiger partial charge in [-0.15, -0.1) is 12.4 Å². The minimum Gasteiger partial charge on any atom is -0.370 e. The predicted molar refractivity (Wildman–Crippen MR) is 197 cm³/mol. The van der Waals surface area contributed by atoms with Gasteiger partial charge in [0.1, 0.15) is 6.04 Å². The van der Waals surface area contributed by atoms with Crippen molar-refractivity contribution in [1.29, 1.82) is 5.41 Å². The first-order valence-electron chi connectivity index (χ1n) is 19.2. The van der Waals surface area contributed by atoms with Crippen molar-refractivity contribution in [2.24, 2.45) is 5.73 Å². The lowest BCUT2D eigenvalue weighted by atomic mass is 10.0. The highest BCUT2D eigenvalue weighted by atomic mass is 35.5. The van der Waals surface area contributed by atoms with Crippen LogP contribution in [0.5, 0.6) is 0 Å². The van der Waals surface area contributed by atoms with Gasteiger partial charge in [-0.1, -0.05) is 162 Å². The van der Waals surface area contributed by atoms with E-state index in [0.717, 1.165) is 38.5 Å². The molecule has 2 amide bonds. The van der Waals surface area contributed by atoms with E-state index in [9.17, 15) is 9.59 Å². The van der Waals surface area contributed by atoms with Gasteiger partial charge in [-0.2, -0.15) is 0 Å². The largest absolute Gasteiger partial charge is 0.370 e. The Bertz CT molecular complexity index is 665. The first kappa shape index (κ1) is 45.6. The second kappa shape index (κ2) is 37.0. The second-order valence-electron chi connectivity index (χ2n) is 13.1. The lowest BCUT2D eigenvalue weighted by molar-refractivity contribution is -0.129. The number of amides is 2. The Morgan fingerprint density at radius 3 is 1.31 bits per heavy atom. The highest BCUT2D eigenvalue weighted by Crippen LogP contribution is 2.14. The summed E-state index contributed by atoms with van der Waals surface area (Å²) in [6.07, 6.45) is 35.0. The van der Waals surface area contributed by atoms with Crippen molar-refractivity contribution in [2.45, 2.75) is 206 Å². The first-order chi connectivity index (χ1) is 21.5. The maximum Gasteiger partial charge on any atom is 0.242 e. The molecular weight excluding hydrogens is 582 g/mol. The van der Waals surface area contributed by atoms with E-state index in [0.29, 0.717) is 25.9 Å². The van der Waals surface area contributed by atoms with Gasteiger partial charge in [0.15, 0.2) is 5.96 Å². The summed E-state index contributed by atoms with van der Waals surface area (Å²) in [6.45, 7) is 5.81. The van der Waals surface area contributed by atoms with Gasteiger partial charge in [0.25, 0.3) is 0 Å². The fraction of sp³-hybridized carbons (Fsp3) is 0.919. The highest BCUT2D eigenvalue weighted by Gasteiger charge is 2.19. The molecule has 0 aliphatic carbocycles. The maximum atomic E-state index is 12.9. The normalized spacial score (nSPS) is 11.5. The second-order valence-corrected chi connectivity index (χ2v) is 13.1. The number of unbranched alkanes of at least 4 members (excludes halogenated alkanes) is 24. The summed E-state index contributed by atoms with van der Waals surface area (Å²) in [6, 6.07) is -0.487. The van der Waals surface area contributed by atoms with E-state index in [1.54, 1.807) is 0 Å². The lowest BCUT2D eigenvalue weighted by Crippen LogP contribution is -2.47. The first-order valence-corrected chi connectivity index (χ1v) is 19.2. The molecule has 7 nitrogen and oxygen atoms in total. The molecule has 0 aliphatic rings. The molecule has 0 aromatic carbocycles. The van der Waals surface area contributed by atoms with Crippen LogP contribution in [0.25, 0.3) is 0 Å². The molecule has 0 bridgehead atoms. The van der Waals surface area contributed by atoms with Gasteiger partial charge >= 0.3 is 0 Å². The molecule has 0 heterocycles. The van der Waals surface area contributed by atoms with Crippen molar-refractivity contribution in [3.05, 3.63) is 0 Å². The molecule has 8 heteroatoms. The molecule has 6 N–H and O–H groups in total. The molecule has 0 unspecified atom stereocenters. The quantitative estimate of drug-likeness (QED) is 0.0269. The third-order valence-electron chi connectivity index (χ3n) is 8.72. The molecule has 0 aliphatic heterocycles. The van der Waals surface area contributed by atoms with Crippen molar-refractivity contribution in [2.75, 3.05) is 13.1 Å². The Kier molecular flexibility index (Phi) is 37.5. The zero-order valence-corrected chi connectivity index (χ0v) is 30.6. The van der Waals surface area contributed by atoms with Crippen LogP contribution in [-0.4, -0.2) is 36.9 Å². The summed E-state index contributed by atoms with van der Waals surface area (Å²) >= 11 is 0. The molecule has 0 fully saturated rings. The van der Waals surface area contributed by atoms with Crippen molar-refractivity contribution >= 4 is 30.2 Å². The average Bonchev–Trinajstić information content (AvgIpc) is 3.00. The number of nitrogens with one attached hydrogen (secondary N) is 4. The topological polar surface area (TPSA) is 120 Å².